The predicted octanol–water partition coefficient (Wildman–Crippen LogP) is 5.25. The van der Waals surface area contributed by atoms with Gasteiger partial charge in [-0.3, -0.25) is 9.89 Å². The molecule has 3 aromatic carbocycles. The molecule has 0 spiro atoms. The maximum Gasteiger partial charge on any atom is 0.255 e. The lowest BCUT2D eigenvalue weighted by Crippen LogP contribution is -2.19. The Kier molecular flexibility index (Phi) is 6.39. The van der Waals surface area contributed by atoms with Crippen molar-refractivity contribution in [2.45, 2.75) is 31.7 Å². The molecule has 39 heavy (non-hydrogen) atoms. The summed E-state index contributed by atoms with van der Waals surface area (Å²) in [5, 5.41) is 17.7. The number of hydrogen-bond donors (Lipinski definition) is 2. The zero-order valence-electron chi connectivity index (χ0n) is 20.5. The summed E-state index contributed by atoms with van der Waals surface area (Å²) >= 11 is 0. The second-order valence-electron chi connectivity index (χ2n) is 9.40. The van der Waals surface area contributed by atoms with E-state index in [-0.39, 0.29) is 17.2 Å². The van der Waals surface area contributed by atoms with Crippen molar-refractivity contribution < 1.29 is 18.0 Å². The predicted molar refractivity (Wildman–Crippen MR) is 136 cm³/mol. The van der Waals surface area contributed by atoms with Crippen LogP contribution in [-0.4, -0.2) is 36.1 Å². The Hall–Kier alpha value is -4.80. The summed E-state index contributed by atoms with van der Waals surface area (Å²) in [5.41, 5.74) is 3.14. The van der Waals surface area contributed by atoms with Crippen LogP contribution in [-0.2, 0) is 12.8 Å². The molecule has 2 N–H and O–H groups in total. The first-order chi connectivity index (χ1) is 18.9. The third-order valence-electron chi connectivity index (χ3n) is 6.84. The van der Waals surface area contributed by atoms with E-state index >= 15 is 0 Å². The average molecular weight is 530 g/mol. The van der Waals surface area contributed by atoms with Crippen LogP contribution in [0.25, 0.3) is 11.3 Å². The van der Waals surface area contributed by atoms with Crippen LogP contribution < -0.4 is 5.32 Å². The van der Waals surface area contributed by atoms with E-state index in [1.54, 1.807) is 18.3 Å². The van der Waals surface area contributed by atoms with Crippen molar-refractivity contribution in [2.24, 2.45) is 0 Å². The maximum absolute atomic E-state index is 14.8. The van der Waals surface area contributed by atoms with E-state index in [2.05, 4.69) is 30.8 Å². The van der Waals surface area contributed by atoms with Gasteiger partial charge in [0.05, 0.1) is 12.2 Å². The molecule has 1 aliphatic carbocycles. The second kappa shape index (κ2) is 10.2. The van der Waals surface area contributed by atoms with Gasteiger partial charge in [0, 0.05) is 29.3 Å². The Balaban J connectivity index is 1.20. The van der Waals surface area contributed by atoms with E-state index in [1.165, 1.54) is 35.3 Å². The van der Waals surface area contributed by atoms with Crippen LogP contribution in [0.3, 0.4) is 0 Å². The quantitative estimate of drug-likeness (QED) is 0.313. The van der Waals surface area contributed by atoms with Crippen molar-refractivity contribution in [3.63, 3.8) is 0 Å². The maximum atomic E-state index is 14.8. The van der Waals surface area contributed by atoms with E-state index in [0.717, 1.165) is 17.5 Å². The molecule has 1 atom stereocenters. The van der Waals surface area contributed by atoms with Gasteiger partial charge in [-0.2, -0.15) is 5.10 Å². The third-order valence-corrected chi connectivity index (χ3v) is 6.84. The van der Waals surface area contributed by atoms with Gasteiger partial charge >= 0.3 is 0 Å². The van der Waals surface area contributed by atoms with E-state index in [9.17, 15) is 18.0 Å². The Labute approximate surface area is 220 Å². The summed E-state index contributed by atoms with van der Waals surface area (Å²) in [7, 11) is 0. The van der Waals surface area contributed by atoms with Crippen LogP contribution in [0.5, 0.6) is 0 Å². The summed E-state index contributed by atoms with van der Waals surface area (Å²) in [5.74, 6) is -1.41. The number of carbonyl (C=O) groups excluding carboxylic acids is 1. The minimum atomic E-state index is -0.655. The van der Waals surface area contributed by atoms with Gasteiger partial charge in [0.25, 0.3) is 5.91 Å². The smallest absolute Gasteiger partial charge is 0.255 e. The Morgan fingerprint density at radius 1 is 1.05 bits per heavy atom. The fraction of sp³-hybridized carbons (Fsp3) is 0.179. The van der Waals surface area contributed by atoms with Crippen molar-refractivity contribution >= 4 is 11.6 Å². The normalized spacial score (nSPS) is 14.7. The molecule has 0 fully saturated rings. The minimum Gasteiger partial charge on any atom is -0.322 e. The molecule has 1 aliphatic rings. The summed E-state index contributed by atoms with van der Waals surface area (Å²) in [6, 6.07) is 13.0. The van der Waals surface area contributed by atoms with E-state index in [0.29, 0.717) is 48.1 Å². The van der Waals surface area contributed by atoms with Crippen molar-refractivity contribution in [3.05, 3.63) is 113 Å². The van der Waals surface area contributed by atoms with Gasteiger partial charge in [-0.25, -0.2) is 22.8 Å². The molecule has 0 radical (unpaired) electrons. The largest absolute Gasteiger partial charge is 0.322 e. The highest BCUT2D eigenvalue weighted by atomic mass is 19.1. The van der Waals surface area contributed by atoms with Gasteiger partial charge in [0.15, 0.2) is 0 Å². The molecular formula is C28H22F3N7O. The van der Waals surface area contributed by atoms with Crippen LogP contribution in [0, 0.1) is 17.5 Å². The summed E-state index contributed by atoms with van der Waals surface area (Å²) in [6.07, 6.45) is 5.38. The van der Waals surface area contributed by atoms with Crippen LogP contribution in [0.1, 0.15) is 51.8 Å². The molecule has 196 valence electrons. The van der Waals surface area contributed by atoms with Gasteiger partial charge in [-0.05, 0) is 72.4 Å². The van der Waals surface area contributed by atoms with E-state index in [4.69, 9.17) is 0 Å². The molecule has 0 bridgehead atoms. The standard InChI is InChI=1S/C28H22F3N7O/c29-18-11-21-20(24(31)12-18)2-1-3-26(21)38-14-25(35-37-38)22-13-19(8-9-23(22)30)34-28(39)17-6-4-16(5-7-17)10-27-32-15-33-36-27/h4-9,11-15,26H,1-3,10H2,(H,34,39)(H,32,33,36)/t26-/m1/s1. The number of amides is 1. The van der Waals surface area contributed by atoms with Gasteiger partial charge < -0.3 is 5.32 Å². The lowest BCUT2D eigenvalue weighted by molar-refractivity contribution is 0.102. The Morgan fingerprint density at radius 2 is 1.90 bits per heavy atom. The van der Waals surface area contributed by atoms with E-state index < -0.39 is 23.5 Å². The van der Waals surface area contributed by atoms with Crippen molar-refractivity contribution in [2.75, 3.05) is 5.32 Å². The number of anilines is 1. The molecule has 8 nitrogen and oxygen atoms in total. The number of benzene rings is 3. The molecule has 0 unspecified atom stereocenters. The molecule has 11 heteroatoms. The lowest BCUT2D eigenvalue weighted by Gasteiger charge is -2.25. The molecule has 0 saturated heterocycles. The second-order valence-corrected chi connectivity index (χ2v) is 9.40. The first-order valence-corrected chi connectivity index (χ1v) is 12.4. The van der Waals surface area contributed by atoms with Gasteiger partial charge in [-0.15, -0.1) is 5.10 Å². The zero-order valence-corrected chi connectivity index (χ0v) is 20.5. The topological polar surface area (TPSA) is 101 Å². The average Bonchev–Trinajstić information content (AvgIpc) is 3.62. The first kappa shape index (κ1) is 24.5. The van der Waals surface area contributed by atoms with Crippen molar-refractivity contribution in [1.29, 1.82) is 0 Å². The highest BCUT2D eigenvalue weighted by Crippen LogP contribution is 2.35. The Bertz CT molecular complexity index is 1650. The molecule has 2 aromatic heterocycles. The number of nitrogens with zero attached hydrogens (tertiary/aromatic N) is 5. The van der Waals surface area contributed by atoms with Gasteiger partial charge in [0.1, 0.15) is 35.3 Å². The lowest BCUT2D eigenvalue weighted by atomic mass is 9.87. The molecule has 2 heterocycles. The first-order valence-electron chi connectivity index (χ1n) is 12.4. The van der Waals surface area contributed by atoms with E-state index in [1.807, 2.05) is 12.1 Å². The molecular weight excluding hydrogens is 507 g/mol. The molecule has 6 rings (SSSR count). The molecule has 5 aromatic rings. The van der Waals surface area contributed by atoms with Crippen LogP contribution >= 0.6 is 0 Å². The third kappa shape index (κ3) is 5.02. The number of nitrogens with one attached hydrogen (secondary N) is 2. The minimum absolute atomic E-state index is 0.142. The zero-order chi connectivity index (χ0) is 26.9. The highest BCUT2D eigenvalue weighted by molar-refractivity contribution is 6.04. The molecule has 0 saturated carbocycles. The number of rotatable bonds is 6. The number of aromatic amines is 1. The number of carbonyl (C=O) groups is 1. The molecule has 0 aliphatic heterocycles. The van der Waals surface area contributed by atoms with Gasteiger partial charge in [0.2, 0.25) is 0 Å². The number of fused-ring (bicyclic) bond motifs is 1. The van der Waals surface area contributed by atoms with Crippen LogP contribution in [0.2, 0.25) is 0 Å². The fourth-order valence-electron chi connectivity index (χ4n) is 4.93. The van der Waals surface area contributed by atoms with Crippen LogP contribution in [0.15, 0.2) is 67.1 Å². The number of halogens is 3. The van der Waals surface area contributed by atoms with Crippen molar-refractivity contribution in [1.82, 2.24) is 30.2 Å². The van der Waals surface area contributed by atoms with Crippen molar-refractivity contribution in [3.8, 4) is 11.3 Å². The number of hydrogen-bond acceptors (Lipinski definition) is 5. The number of aromatic nitrogens is 6. The van der Waals surface area contributed by atoms with Gasteiger partial charge in [-0.1, -0.05) is 17.3 Å². The fourth-order valence-corrected chi connectivity index (χ4v) is 4.93. The monoisotopic (exact) mass is 529 g/mol. The summed E-state index contributed by atoms with van der Waals surface area (Å²) in [4.78, 5) is 16.9. The summed E-state index contributed by atoms with van der Waals surface area (Å²) < 4.78 is 44.6. The van der Waals surface area contributed by atoms with Crippen LogP contribution in [0.4, 0.5) is 18.9 Å². The molecule has 1 amide bonds. The highest BCUT2D eigenvalue weighted by Gasteiger charge is 2.26. The number of H-pyrrole nitrogens is 1. The Morgan fingerprint density at radius 3 is 2.69 bits per heavy atom. The summed E-state index contributed by atoms with van der Waals surface area (Å²) in [6.45, 7) is 0. The SMILES string of the molecule is O=C(Nc1ccc(F)c(-c2cn([C@@H]3CCCc4c(F)cc(F)cc43)nn2)c1)c1ccc(Cc2ncn[nH]2)cc1.